The van der Waals surface area contributed by atoms with E-state index < -0.39 is 5.97 Å². The first kappa shape index (κ1) is 10.4. The van der Waals surface area contributed by atoms with Crippen molar-refractivity contribution < 1.29 is 9.53 Å². The highest BCUT2D eigenvalue weighted by Gasteiger charge is 2.23. The largest absolute Gasteiger partial charge is 0.465 e. The third-order valence-corrected chi connectivity index (χ3v) is 3.48. The number of nitrogens with zero attached hydrogens (tertiary/aromatic N) is 2. The van der Waals surface area contributed by atoms with Crippen LogP contribution in [0.2, 0.25) is 0 Å². The van der Waals surface area contributed by atoms with Crippen molar-refractivity contribution in [2.45, 2.75) is 0 Å². The van der Waals surface area contributed by atoms with Crippen molar-refractivity contribution >= 4 is 44.5 Å². The minimum absolute atomic E-state index is 0.105. The summed E-state index contributed by atoms with van der Waals surface area (Å²) in [5.41, 5.74) is -0.105. The quantitative estimate of drug-likeness (QED) is 0.228. The van der Waals surface area contributed by atoms with E-state index in [1.165, 1.54) is 7.11 Å². The lowest BCUT2D eigenvalue weighted by molar-refractivity contribution is -0.135. The lowest BCUT2D eigenvalue weighted by Gasteiger charge is -1.98. The number of hydrogen-bond donors (Lipinski definition) is 0. The maximum atomic E-state index is 11.0. The summed E-state index contributed by atoms with van der Waals surface area (Å²) in [7, 11) is 3.49. The Morgan fingerprint density at radius 1 is 1.77 bits per heavy atom. The van der Waals surface area contributed by atoms with Crippen LogP contribution in [0.1, 0.15) is 0 Å². The minimum atomic E-state index is -0.694. The SMILES string of the molecule is COC(=O)/C(C#N)=C1\SSN=C1Cl. The molecular formula is C6H3ClN2O2S2. The molecular weight excluding hydrogens is 232 g/mol. The van der Waals surface area contributed by atoms with Crippen molar-refractivity contribution in [2.75, 3.05) is 7.11 Å². The molecule has 13 heavy (non-hydrogen) atoms. The van der Waals surface area contributed by atoms with Gasteiger partial charge in [-0.1, -0.05) is 11.6 Å². The number of halogens is 1. The number of ether oxygens (including phenoxy) is 1. The zero-order valence-electron chi connectivity index (χ0n) is 6.41. The number of esters is 1. The molecule has 1 rings (SSSR count). The molecule has 0 fully saturated rings. The van der Waals surface area contributed by atoms with Crippen molar-refractivity contribution in [1.82, 2.24) is 0 Å². The van der Waals surface area contributed by atoms with Gasteiger partial charge in [0.2, 0.25) is 0 Å². The molecule has 0 aliphatic carbocycles. The molecule has 0 bridgehead atoms. The van der Waals surface area contributed by atoms with Gasteiger partial charge in [-0.05, 0) is 10.8 Å². The van der Waals surface area contributed by atoms with Crippen LogP contribution in [0.5, 0.6) is 0 Å². The summed E-state index contributed by atoms with van der Waals surface area (Å²) in [5, 5.41) is 8.82. The monoisotopic (exact) mass is 234 g/mol. The Morgan fingerprint density at radius 2 is 2.46 bits per heavy atom. The van der Waals surface area contributed by atoms with Crippen molar-refractivity contribution in [3.63, 3.8) is 0 Å². The third-order valence-electron chi connectivity index (χ3n) is 1.15. The molecule has 1 heterocycles. The molecule has 0 unspecified atom stereocenters. The highest BCUT2D eigenvalue weighted by Crippen LogP contribution is 2.42. The molecule has 68 valence electrons. The van der Waals surface area contributed by atoms with Crippen LogP contribution >= 0.6 is 33.4 Å². The second kappa shape index (κ2) is 4.56. The summed E-state index contributed by atoms with van der Waals surface area (Å²) >= 11 is 5.64. The average Bonchev–Trinajstić information content (AvgIpc) is 2.53. The van der Waals surface area contributed by atoms with E-state index in [1.54, 1.807) is 6.07 Å². The Balaban J connectivity index is 3.07. The van der Waals surface area contributed by atoms with Gasteiger partial charge in [0.25, 0.3) is 0 Å². The number of rotatable bonds is 1. The number of carbonyl (C=O) groups excluding carboxylic acids is 1. The van der Waals surface area contributed by atoms with Gasteiger partial charge in [-0.15, -0.1) is 0 Å². The Bertz CT molecular complexity index is 345. The molecule has 0 aromatic rings. The Hall–Kier alpha value is -0.640. The van der Waals surface area contributed by atoms with Crippen LogP contribution in [0.25, 0.3) is 0 Å². The molecule has 0 radical (unpaired) electrons. The maximum absolute atomic E-state index is 11.0. The highest BCUT2D eigenvalue weighted by molar-refractivity contribution is 8.78. The van der Waals surface area contributed by atoms with Crippen LogP contribution in [-0.4, -0.2) is 18.2 Å². The Kier molecular flexibility index (Phi) is 3.66. The van der Waals surface area contributed by atoms with Gasteiger partial charge in [-0.25, -0.2) is 4.79 Å². The van der Waals surface area contributed by atoms with Gasteiger partial charge >= 0.3 is 5.97 Å². The summed E-state index contributed by atoms with van der Waals surface area (Å²) in [6.45, 7) is 0. The smallest absolute Gasteiger partial charge is 0.349 e. The van der Waals surface area contributed by atoms with E-state index >= 15 is 0 Å². The molecule has 7 heteroatoms. The first-order valence-corrected chi connectivity index (χ1v) is 5.49. The Labute approximate surface area is 87.5 Å². The number of nitriles is 1. The molecule has 0 amide bonds. The predicted molar refractivity (Wildman–Crippen MR) is 53.1 cm³/mol. The number of carbonyl (C=O) groups is 1. The van der Waals surface area contributed by atoms with Crippen molar-refractivity contribution in [3.05, 3.63) is 10.5 Å². The lowest BCUT2D eigenvalue weighted by atomic mass is 10.3. The van der Waals surface area contributed by atoms with Crippen LogP contribution in [0.3, 0.4) is 0 Å². The standard InChI is InChI=1S/C6H3ClN2O2S2/c1-11-6(10)3(2-8)4-5(7)9-13-12-4/h1H3/b4-3-. The highest BCUT2D eigenvalue weighted by atomic mass is 35.5. The summed E-state index contributed by atoms with van der Waals surface area (Å²) in [4.78, 5) is 11.4. The molecule has 1 aliphatic rings. The van der Waals surface area contributed by atoms with Crippen LogP contribution in [0, 0.1) is 11.3 Å². The molecule has 0 saturated heterocycles. The molecule has 0 N–H and O–H groups in total. The van der Waals surface area contributed by atoms with E-state index in [4.69, 9.17) is 16.9 Å². The van der Waals surface area contributed by atoms with Gasteiger partial charge in [-0.2, -0.15) is 9.66 Å². The van der Waals surface area contributed by atoms with Crippen LogP contribution in [0.15, 0.2) is 14.9 Å². The van der Waals surface area contributed by atoms with Gasteiger partial charge in [0.1, 0.15) is 6.07 Å². The van der Waals surface area contributed by atoms with Crippen molar-refractivity contribution in [2.24, 2.45) is 4.40 Å². The second-order valence-corrected chi connectivity index (χ2v) is 4.06. The van der Waals surface area contributed by atoms with E-state index in [-0.39, 0.29) is 10.7 Å². The number of hydrogen-bond acceptors (Lipinski definition) is 6. The van der Waals surface area contributed by atoms with E-state index in [0.717, 1.165) is 21.8 Å². The van der Waals surface area contributed by atoms with Gasteiger partial charge < -0.3 is 4.74 Å². The summed E-state index contributed by atoms with van der Waals surface area (Å²) < 4.78 is 8.16. The van der Waals surface area contributed by atoms with E-state index in [0.29, 0.717) is 4.91 Å². The van der Waals surface area contributed by atoms with Crippen LogP contribution in [0.4, 0.5) is 0 Å². The van der Waals surface area contributed by atoms with E-state index in [2.05, 4.69) is 9.13 Å². The van der Waals surface area contributed by atoms with Crippen molar-refractivity contribution in [1.29, 1.82) is 5.26 Å². The van der Waals surface area contributed by atoms with Crippen LogP contribution in [-0.2, 0) is 9.53 Å². The third kappa shape index (κ3) is 2.18. The fraction of sp³-hybridized carbons (Fsp3) is 0.167. The maximum Gasteiger partial charge on any atom is 0.349 e. The summed E-state index contributed by atoms with van der Waals surface area (Å²) in [5.74, 6) is -0.694. The molecule has 0 saturated carbocycles. The first-order chi connectivity index (χ1) is 6.20. The topological polar surface area (TPSA) is 62.5 Å². The summed E-state index contributed by atoms with van der Waals surface area (Å²) in [6.07, 6.45) is 0. The lowest BCUT2D eigenvalue weighted by Crippen LogP contribution is -2.06. The zero-order valence-corrected chi connectivity index (χ0v) is 8.79. The molecule has 1 aliphatic heterocycles. The second-order valence-electron chi connectivity index (χ2n) is 1.85. The fourth-order valence-corrected chi connectivity index (χ4v) is 2.87. The molecule has 0 atom stereocenters. The predicted octanol–water partition coefficient (Wildman–Crippen LogP) is 1.88. The Morgan fingerprint density at radius 3 is 2.85 bits per heavy atom. The van der Waals surface area contributed by atoms with Gasteiger partial charge in [0.15, 0.2) is 10.7 Å². The molecule has 4 nitrogen and oxygen atoms in total. The number of allylic oxidation sites excluding steroid dienone is 1. The number of methoxy groups -OCH3 is 1. The van der Waals surface area contributed by atoms with E-state index in [9.17, 15) is 4.79 Å². The first-order valence-electron chi connectivity index (χ1n) is 3.01. The molecule has 0 aromatic carbocycles. The summed E-state index contributed by atoms with van der Waals surface area (Å²) in [6, 6.07) is 1.73. The van der Waals surface area contributed by atoms with Gasteiger partial charge in [-0.3, -0.25) is 0 Å². The van der Waals surface area contributed by atoms with Crippen molar-refractivity contribution in [3.8, 4) is 6.07 Å². The zero-order chi connectivity index (χ0) is 9.84. The minimum Gasteiger partial charge on any atom is -0.465 e. The van der Waals surface area contributed by atoms with Gasteiger partial charge in [0.05, 0.1) is 23.0 Å². The van der Waals surface area contributed by atoms with E-state index in [1.807, 2.05) is 0 Å². The fourth-order valence-electron chi connectivity index (χ4n) is 0.600. The normalized spacial score (nSPS) is 19.0. The molecule has 0 aromatic heterocycles. The average molecular weight is 235 g/mol. The molecule has 0 spiro atoms. The van der Waals surface area contributed by atoms with Crippen LogP contribution < -0.4 is 0 Å². The van der Waals surface area contributed by atoms with Gasteiger partial charge in [0, 0.05) is 0 Å².